The molecule has 3 heteroatoms. The maximum absolute atomic E-state index is 5.46. The fourth-order valence-electron chi connectivity index (χ4n) is 2.37. The minimum absolute atomic E-state index is 0.631. The zero-order valence-electron chi connectivity index (χ0n) is 8.62. The molecular weight excluding hydrogens is 194 g/mol. The highest BCUT2D eigenvalue weighted by Crippen LogP contribution is 2.37. The number of nitrogens with zero attached hydrogens (tertiary/aromatic N) is 1. The molecule has 2 nitrogen and oxygen atoms in total. The second-order valence-electron chi connectivity index (χ2n) is 3.97. The Bertz CT molecular complexity index is 302. The molecule has 0 atom stereocenters. The van der Waals surface area contributed by atoms with E-state index in [-0.39, 0.29) is 0 Å². The van der Waals surface area contributed by atoms with E-state index in [1.165, 1.54) is 31.2 Å². The molecule has 2 rings (SSSR count). The molecule has 0 bridgehead atoms. The minimum Gasteiger partial charge on any atom is -0.361 e. The molecule has 0 spiro atoms. The lowest BCUT2D eigenvalue weighted by molar-refractivity contribution is 0.356. The van der Waals surface area contributed by atoms with Crippen molar-refractivity contribution in [3.8, 4) is 0 Å². The van der Waals surface area contributed by atoms with E-state index in [1.807, 2.05) is 0 Å². The van der Waals surface area contributed by atoms with Crippen molar-refractivity contribution in [3.63, 3.8) is 0 Å². The first-order valence-corrected chi connectivity index (χ1v) is 6.08. The largest absolute Gasteiger partial charge is 0.361 e. The molecule has 1 aliphatic rings. The van der Waals surface area contributed by atoms with Gasteiger partial charge < -0.3 is 4.52 Å². The molecule has 0 aromatic carbocycles. The summed E-state index contributed by atoms with van der Waals surface area (Å²) in [6, 6.07) is 0. The van der Waals surface area contributed by atoms with Crippen LogP contribution < -0.4 is 0 Å². The normalized spacial score (nSPS) is 17.9. The van der Waals surface area contributed by atoms with Gasteiger partial charge in [-0.05, 0) is 19.3 Å². The van der Waals surface area contributed by atoms with Crippen LogP contribution in [-0.4, -0.2) is 5.16 Å². The van der Waals surface area contributed by atoms with Crippen molar-refractivity contribution in [2.45, 2.75) is 50.7 Å². The molecule has 1 saturated carbocycles. The van der Waals surface area contributed by atoms with Crippen molar-refractivity contribution >= 4 is 12.6 Å². The van der Waals surface area contributed by atoms with Gasteiger partial charge in [0.15, 0.2) is 0 Å². The lowest BCUT2D eigenvalue weighted by Crippen LogP contribution is -1.96. The van der Waals surface area contributed by atoms with Gasteiger partial charge in [0, 0.05) is 17.2 Å². The molecule has 1 fully saturated rings. The van der Waals surface area contributed by atoms with E-state index >= 15 is 0 Å². The highest BCUT2D eigenvalue weighted by molar-refractivity contribution is 7.79. The van der Waals surface area contributed by atoms with E-state index in [0.717, 1.165) is 17.9 Å². The standard InChI is InChI=1S/C11H17NOS/c1-2-9-10(7-14)12-13-11(9)8-5-3-4-6-8/h8,14H,2-7H2,1H3. The second kappa shape index (κ2) is 4.39. The molecule has 1 heterocycles. The van der Waals surface area contributed by atoms with Gasteiger partial charge in [-0.1, -0.05) is 24.9 Å². The Hall–Kier alpha value is -0.440. The van der Waals surface area contributed by atoms with Crippen molar-refractivity contribution in [2.24, 2.45) is 0 Å². The molecule has 14 heavy (non-hydrogen) atoms. The van der Waals surface area contributed by atoms with Gasteiger partial charge in [-0.25, -0.2) is 0 Å². The summed E-state index contributed by atoms with van der Waals surface area (Å²) in [5.41, 5.74) is 2.35. The zero-order chi connectivity index (χ0) is 9.97. The highest BCUT2D eigenvalue weighted by Gasteiger charge is 2.25. The summed E-state index contributed by atoms with van der Waals surface area (Å²) in [5, 5.41) is 4.10. The third-order valence-electron chi connectivity index (χ3n) is 3.13. The monoisotopic (exact) mass is 211 g/mol. The van der Waals surface area contributed by atoms with Crippen LogP contribution in [0.4, 0.5) is 0 Å². The maximum Gasteiger partial charge on any atom is 0.143 e. The minimum atomic E-state index is 0.631. The first-order chi connectivity index (χ1) is 6.86. The molecule has 0 unspecified atom stereocenters. The third-order valence-corrected chi connectivity index (χ3v) is 3.43. The maximum atomic E-state index is 5.46. The molecule has 0 saturated heterocycles. The van der Waals surface area contributed by atoms with Gasteiger partial charge in [0.25, 0.3) is 0 Å². The summed E-state index contributed by atoms with van der Waals surface area (Å²) >= 11 is 4.27. The van der Waals surface area contributed by atoms with Gasteiger partial charge in [0.1, 0.15) is 5.76 Å². The van der Waals surface area contributed by atoms with Gasteiger partial charge in [-0.2, -0.15) is 12.6 Å². The molecular formula is C11H17NOS. The van der Waals surface area contributed by atoms with Crippen LogP contribution in [0.3, 0.4) is 0 Å². The van der Waals surface area contributed by atoms with Gasteiger partial charge in [0.2, 0.25) is 0 Å². The van der Waals surface area contributed by atoms with E-state index in [4.69, 9.17) is 4.52 Å². The van der Waals surface area contributed by atoms with Gasteiger partial charge in [-0.3, -0.25) is 0 Å². The fraction of sp³-hybridized carbons (Fsp3) is 0.727. The first-order valence-electron chi connectivity index (χ1n) is 5.45. The van der Waals surface area contributed by atoms with Gasteiger partial charge in [-0.15, -0.1) is 0 Å². The summed E-state index contributed by atoms with van der Waals surface area (Å²) in [5.74, 6) is 2.47. The number of hydrogen-bond acceptors (Lipinski definition) is 3. The molecule has 78 valence electrons. The van der Waals surface area contributed by atoms with E-state index in [9.17, 15) is 0 Å². The molecule has 1 aliphatic carbocycles. The van der Waals surface area contributed by atoms with Crippen LogP contribution in [0.25, 0.3) is 0 Å². The lowest BCUT2D eigenvalue weighted by Gasteiger charge is -2.06. The van der Waals surface area contributed by atoms with Gasteiger partial charge in [0.05, 0.1) is 5.69 Å². The quantitative estimate of drug-likeness (QED) is 0.776. The molecule has 1 aromatic rings. The summed E-state index contributed by atoms with van der Waals surface area (Å²) in [6.07, 6.45) is 6.24. The summed E-state index contributed by atoms with van der Waals surface area (Å²) in [7, 11) is 0. The smallest absolute Gasteiger partial charge is 0.143 e. The predicted molar refractivity (Wildman–Crippen MR) is 59.8 cm³/mol. The van der Waals surface area contributed by atoms with Crippen LogP contribution in [0.15, 0.2) is 4.52 Å². The zero-order valence-corrected chi connectivity index (χ0v) is 9.52. The highest BCUT2D eigenvalue weighted by atomic mass is 32.1. The summed E-state index contributed by atoms with van der Waals surface area (Å²) < 4.78 is 5.46. The number of thiol groups is 1. The first kappa shape index (κ1) is 10.1. The fourth-order valence-corrected chi connectivity index (χ4v) is 2.62. The Morgan fingerprint density at radius 3 is 2.71 bits per heavy atom. The average Bonchev–Trinajstić information content (AvgIpc) is 2.85. The van der Waals surface area contributed by atoms with Crippen molar-refractivity contribution in [1.82, 2.24) is 5.16 Å². The number of hydrogen-bond donors (Lipinski definition) is 1. The molecule has 0 radical (unpaired) electrons. The second-order valence-corrected chi connectivity index (χ2v) is 4.28. The van der Waals surface area contributed by atoms with Crippen molar-refractivity contribution < 1.29 is 4.52 Å². The molecule has 0 aliphatic heterocycles. The molecule has 0 N–H and O–H groups in total. The molecule has 1 aromatic heterocycles. The number of aromatic nitrogens is 1. The Morgan fingerprint density at radius 1 is 1.43 bits per heavy atom. The SMILES string of the molecule is CCc1c(CS)noc1C1CCCC1. The van der Waals surface area contributed by atoms with Crippen LogP contribution in [-0.2, 0) is 12.2 Å². The topological polar surface area (TPSA) is 26.0 Å². The predicted octanol–water partition coefficient (Wildman–Crippen LogP) is 3.32. The van der Waals surface area contributed by atoms with Gasteiger partial charge >= 0.3 is 0 Å². The molecule has 0 amide bonds. The third kappa shape index (κ3) is 1.70. The van der Waals surface area contributed by atoms with Crippen LogP contribution >= 0.6 is 12.6 Å². The van der Waals surface area contributed by atoms with Crippen molar-refractivity contribution in [3.05, 3.63) is 17.0 Å². The van der Waals surface area contributed by atoms with Crippen molar-refractivity contribution in [2.75, 3.05) is 0 Å². The van der Waals surface area contributed by atoms with Crippen LogP contribution in [0, 0.1) is 0 Å². The van der Waals surface area contributed by atoms with Crippen LogP contribution in [0.2, 0.25) is 0 Å². The van der Waals surface area contributed by atoms with E-state index in [1.54, 1.807) is 0 Å². The van der Waals surface area contributed by atoms with E-state index in [2.05, 4.69) is 24.7 Å². The lowest BCUT2D eigenvalue weighted by atomic mass is 9.99. The Morgan fingerprint density at radius 2 is 2.14 bits per heavy atom. The van der Waals surface area contributed by atoms with Crippen LogP contribution in [0.1, 0.15) is 55.5 Å². The van der Waals surface area contributed by atoms with E-state index in [0.29, 0.717) is 11.7 Å². The summed E-state index contributed by atoms with van der Waals surface area (Å²) in [6.45, 7) is 2.16. The van der Waals surface area contributed by atoms with E-state index < -0.39 is 0 Å². The summed E-state index contributed by atoms with van der Waals surface area (Å²) in [4.78, 5) is 0. The Balaban J connectivity index is 2.27. The van der Waals surface area contributed by atoms with Crippen LogP contribution in [0.5, 0.6) is 0 Å². The van der Waals surface area contributed by atoms with Crippen molar-refractivity contribution in [1.29, 1.82) is 0 Å². The average molecular weight is 211 g/mol. The number of rotatable bonds is 3. The Labute approximate surface area is 90.5 Å². The Kier molecular flexibility index (Phi) is 3.16.